The van der Waals surface area contributed by atoms with Crippen LogP contribution in [0.15, 0.2) is 36.8 Å². The number of nitrogens with zero attached hydrogens (tertiary/aromatic N) is 1. The first-order valence-electron chi connectivity index (χ1n) is 25.2. The van der Waals surface area contributed by atoms with Crippen molar-refractivity contribution < 1.29 is 88.2 Å². The van der Waals surface area contributed by atoms with Crippen molar-refractivity contribution in [3.05, 3.63) is 48.0 Å². The van der Waals surface area contributed by atoms with Crippen molar-refractivity contribution >= 4 is 71.0 Å². The predicted molar refractivity (Wildman–Crippen MR) is 277 cm³/mol. The van der Waals surface area contributed by atoms with E-state index in [0.717, 1.165) is 6.92 Å². The van der Waals surface area contributed by atoms with E-state index in [4.69, 9.17) is 22.3 Å². The van der Waals surface area contributed by atoms with E-state index in [9.17, 15) is 83.1 Å². The normalized spacial score (nSPS) is 15.2. The van der Waals surface area contributed by atoms with E-state index >= 15 is 0 Å². The van der Waals surface area contributed by atoms with Gasteiger partial charge in [0.1, 0.15) is 60.1 Å². The molecule has 1 aromatic heterocycles. The van der Waals surface area contributed by atoms with Gasteiger partial charge in [-0.3, -0.25) is 52.7 Å². The molecule has 0 spiro atoms. The number of carbonyl (C=O) groups is 12. The molecular weight excluding hydrogens is 1060 g/mol. The molecule has 2 aromatic rings. The molecule has 32 nitrogen and oxygen atoms in total. The molecule has 0 fully saturated rings. The van der Waals surface area contributed by atoms with Gasteiger partial charge in [0.05, 0.1) is 44.5 Å². The number of hydrogen-bond donors (Lipinski definition) is 19. The highest BCUT2D eigenvalue weighted by atomic mass is 16.4. The monoisotopic (exact) mass is 1130 g/mol. The van der Waals surface area contributed by atoms with Gasteiger partial charge in [-0.25, -0.2) is 9.78 Å². The Bertz CT molecular complexity index is 2440. The molecule has 10 amide bonds. The Morgan fingerprint density at radius 1 is 0.588 bits per heavy atom. The maximum atomic E-state index is 14.0. The summed E-state index contributed by atoms with van der Waals surface area (Å²) in [5.41, 5.74) is 17.2. The summed E-state index contributed by atoms with van der Waals surface area (Å²) < 4.78 is 0. The minimum atomic E-state index is -2.01. The van der Waals surface area contributed by atoms with Crippen molar-refractivity contribution in [2.75, 3.05) is 19.8 Å². The van der Waals surface area contributed by atoms with Crippen molar-refractivity contribution in [2.24, 2.45) is 23.1 Å². The number of rotatable bonds is 36. The second-order valence-corrected chi connectivity index (χ2v) is 19.0. The molecule has 1 heterocycles. The fourth-order valence-corrected chi connectivity index (χ4v) is 7.40. The Hall–Kier alpha value is -8.33. The van der Waals surface area contributed by atoms with Crippen LogP contribution < -0.4 is 65.1 Å². The Labute approximate surface area is 458 Å². The fourth-order valence-electron chi connectivity index (χ4n) is 7.40. The van der Waals surface area contributed by atoms with Crippen LogP contribution in [0.1, 0.15) is 77.5 Å². The number of carboxylic acids is 2. The van der Waals surface area contributed by atoms with Crippen LogP contribution in [-0.4, -0.2) is 198 Å². The summed E-state index contributed by atoms with van der Waals surface area (Å²) in [7, 11) is 0. The average Bonchev–Trinajstić information content (AvgIpc) is 3.90. The van der Waals surface area contributed by atoms with E-state index in [1.807, 2.05) is 0 Å². The Kier molecular flexibility index (Phi) is 28.7. The number of primary amides is 1. The third-order valence-corrected chi connectivity index (χ3v) is 11.7. The number of nitrogens with two attached hydrogens (primary N) is 3. The van der Waals surface area contributed by atoms with Gasteiger partial charge in [-0.1, -0.05) is 26.0 Å². The van der Waals surface area contributed by atoms with E-state index in [0.29, 0.717) is 18.5 Å². The maximum absolute atomic E-state index is 14.0. The molecule has 80 heavy (non-hydrogen) atoms. The van der Waals surface area contributed by atoms with Crippen LogP contribution in [-0.2, 0) is 70.4 Å². The molecule has 0 aliphatic heterocycles. The van der Waals surface area contributed by atoms with Gasteiger partial charge < -0.3 is 101 Å². The molecule has 0 saturated carbocycles. The van der Waals surface area contributed by atoms with Gasteiger partial charge >= 0.3 is 11.9 Å². The lowest BCUT2D eigenvalue weighted by Crippen LogP contribution is -2.63. The number of imidazole rings is 1. The molecule has 1 aromatic carbocycles. The second-order valence-electron chi connectivity index (χ2n) is 19.0. The minimum absolute atomic E-state index is 0.00167. The SMILES string of the molecule is CC(C)CC(NC(=O)C(Cc1cnc[nH]1)NC(=O)C(CC(N)=O)NC(=O)C(NC(=O)C(CO)NC(=O)C(Cc1ccc(O)cc1)NC(=O)C(CO)NC(=O)C(C)NC(=O)C(CCCCN)NC(=O)C(N)CC(=O)O)C(C)O)C(=O)O. The molecule has 444 valence electrons. The van der Waals surface area contributed by atoms with E-state index in [-0.39, 0.29) is 43.0 Å². The summed E-state index contributed by atoms with van der Waals surface area (Å²) in [4.78, 5) is 163. The van der Waals surface area contributed by atoms with Crippen LogP contribution in [0.25, 0.3) is 0 Å². The Morgan fingerprint density at radius 3 is 1.57 bits per heavy atom. The molecule has 11 unspecified atom stereocenters. The number of benzene rings is 1. The predicted octanol–water partition coefficient (Wildman–Crippen LogP) is -7.41. The number of hydrogen-bond acceptors (Lipinski definition) is 19. The summed E-state index contributed by atoms with van der Waals surface area (Å²) in [6, 6.07) is -11.4. The Morgan fingerprint density at radius 2 is 1.07 bits per heavy atom. The number of aromatic hydroxyl groups is 1. The fraction of sp³-hybridized carbons (Fsp3) is 0.562. The van der Waals surface area contributed by atoms with Gasteiger partial charge in [-0.05, 0) is 69.7 Å². The van der Waals surface area contributed by atoms with Gasteiger partial charge in [0, 0.05) is 24.7 Å². The number of aliphatic carboxylic acids is 2. The van der Waals surface area contributed by atoms with Gasteiger partial charge in [-0.15, -0.1) is 0 Å². The molecule has 0 saturated heterocycles. The zero-order chi connectivity index (χ0) is 60.4. The molecule has 11 atom stereocenters. The number of phenolic OH excluding ortho intramolecular Hbond substituents is 1. The molecule has 32 heteroatoms. The van der Waals surface area contributed by atoms with Gasteiger partial charge in [0.15, 0.2) is 0 Å². The average molecular weight is 1140 g/mol. The summed E-state index contributed by atoms with van der Waals surface area (Å²) >= 11 is 0. The number of H-pyrrole nitrogens is 1. The lowest BCUT2D eigenvalue weighted by Gasteiger charge is -2.28. The standard InChI is InChI=1S/C48H74N14O18/c1-22(2)13-33(48(79)80)59-43(74)31(15-26-18-52-21-53-26)57-44(75)32(17-36(51)67)58-47(78)38(24(4)65)62-46(77)35(20-64)61-42(73)30(14-25-8-10-27(66)11-9-25)56-45(76)34(19-63)60-39(70)23(3)54-41(72)29(7-5-6-12-49)55-40(71)28(50)16-37(68)69/h8-11,18,21-24,28-35,38,63-66H,5-7,12-17,19-20,49-50H2,1-4H3,(H2,51,67)(H,52,53)(H,54,72)(H,55,71)(H,56,76)(H,57,75)(H,58,78)(H,59,74)(H,60,70)(H,61,73)(H,62,77)(H,68,69)(H,79,80). The number of aromatic nitrogens is 2. The number of aliphatic hydroxyl groups excluding tert-OH is 3. The van der Waals surface area contributed by atoms with Crippen LogP contribution >= 0.6 is 0 Å². The zero-order valence-corrected chi connectivity index (χ0v) is 44.4. The zero-order valence-electron chi connectivity index (χ0n) is 44.4. The van der Waals surface area contributed by atoms with Crippen molar-refractivity contribution in [3.63, 3.8) is 0 Å². The molecule has 0 radical (unpaired) electrons. The number of phenols is 1. The van der Waals surface area contributed by atoms with Crippen LogP contribution in [0.2, 0.25) is 0 Å². The first-order chi connectivity index (χ1) is 37.6. The summed E-state index contributed by atoms with van der Waals surface area (Å²) in [5, 5.41) is 80.2. The lowest BCUT2D eigenvalue weighted by atomic mass is 10.0. The molecule has 22 N–H and O–H groups in total. The molecule has 0 aliphatic carbocycles. The van der Waals surface area contributed by atoms with Gasteiger partial charge in [-0.2, -0.15) is 0 Å². The molecule has 2 rings (SSSR count). The van der Waals surface area contributed by atoms with Crippen LogP contribution in [0.4, 0.5) is 0 Å². The highest BCUT2D eigenvalue weighted by Crippen LogP contribution is 2.13. The minimum Gasteiger partial charge on any atom is -0.508 e. The number of aliphatic hydroxyl groups is 3. The topological polar surface area (TPSA) is 541 Å². The first-order valence-corrected chi connectivity index (χ1v) is 25.2. The van der Waals surface area contributed by atoms with E-state index in [2.05, 4.69) is 57.8 Å². The molecule has 0 aliphatic rings. The highest BCUT2D eigenvalue weighted by Gasteiger charge is 2.37. The third-order valence-electron chi connectivity index (χ3n) is 11.7. The maximum Gasteiger partial charge on any atom is 0.326 e. The number of unbranched alkanes of at least 4 members (excludes halogenated alkanes) is 1. The van der Waals surface area contributed by atoms with Crippen LogP contribution in [0, 0.1) is 5.92 Å². The molecular formula is C48H74N14O18. The van der Waals surface area contributed by atoms with Crippen molar-refractivity contribution in [2.45, 2.75) is 146 Å². The van der Waals surface area contributed by atoms with Crippen molar-refractivity contribution in [1.29, 1.82) is 0 Å². The number of carbonyl (C=O) groups excluding carboxylic acids is 10. The lowest BCUT2D eigenvalue weighted by molar-refractivity contribution is -0.143. The highest BCUT2D eigenvalue weighted by molar-refractivity contribution is 5.99. The Balaban J connectivity index is 2.32. The van der Waals surface area contributed by atoms with Crippen molar-refractivity contribution in [3.8, 4) is 5.75 Å². The van der Waals surface area contributed by atoms with E-state index < -0.39 is 170 Å². The van der Waals surface area contributed by atoms with Crippen LogP contribution in [0.3, 0.4) is 0 Å². The second kappa shape index (κ2) is 33.8. The number of nitrogens with one attached hydrogen (secondary N) is 10. The third kappa shape index (κ3) is 23.7. The van der Waals surface area contributed by atoms with Crippen molar-refractivity contribution in [1.82, 2.24) is 57.8 Å². The molecule has 0 bridgehead atoms. The summed E-state index contributed by atoms with van der Waals surface area (Å²) in [5.74, 6) is -14.4. The number of aromatic amines is 1. The van der Waals surface area contributed by atoms with Crippen LogP contribution in [0.5, 0.6) is 5.75 Å². The summed E-state index contributed by atoms with van der Waals surface area (Å²) in [6.07, 6.45) is -0.821. The number of carboxylic acid groups (broad SMARTS) is 2. The van der Waals surface area contributed by atoms with Gasteiger partial charge in [0.25, 0.3) is 0 Å². The van der Waals surface area contributed by atoms with E-state index in [1.54, 1.807) is 13.8 Å². The van der Waals surface area contributed by atoms with Gasteiger partial charge in [0.2, 0.25) is 59.1 Å². The van der Waals surface area contributed by atoms with E-state index in [1.165, 1.54) is 43.7 Å². The first kappa shape index (κ1) is 67.8. The largest absolute Gasteiger partial charge is 0.508 e. The smallest absolute Gasteiger partial charge is 0.326 e. The summed E-state index contributed by atoms with van der Waals surface area (Å²) in [6.45, 7) is 3.60. The number of amides is 10. The quantitative estimate of drug-likeness (QED) is 0.0282.